The van der Waals surface area contributed by atoms with Crippen molar-refractivity contribution in [2.45, 2.75) is 12.5 Å². The normalized spacial score (nSPS) is 14.8. The molecular weight excluding hydrogens is 182 g/mol. The van der Waals surface area contributed by atoms with Crippen molar-refractivity contribution in [2.24, 2.45) is 5.73 Å². The van der Waals surface area contributed by atoms with E-state index in [2.05, 4.69) is 0 Å². The van der Waals surface area contributed by atoms with Crippen LogP contribution in [0.25, 0.3) is 0 Å². The van der Waals surface area contributed by atoms with Crippen LogP contribution in [-0.4, -0.2) is 22.8 Å². The summed E-state index contributed by atoms with van der Waals surface area (Å²) in [4.78, 5) is 10.9. The smallest absolute Gasteiger partial charge is 0.330 e. The summed E-state index contributed by atoms with van der Waals surface area (Å²) in [5, 5.41) is 17.9. The molecule has 4 N–H and O–H groups in total. The Morgan fingerprint density at radius 2 is 2.21 bits per heavy atom. The van der Waals surface area contributed by atoms with Crippen LogP contribution in [0.15, 0.2) is 24.3 Å². The average molecular weight is 195 g/mol. The van der Waals surface area contributed by atoms with Crippen molar-refractivity contribution >= 4 is 5.97 Å². The molecule has 4 nitrogen and oxygen atoms in total. The Hall–Kier alpha value is -1.39. The van der Waals surface area contributed by atoms with E-state index in [1.54, 1.807) is 18.2 Å². The first-order chi connectivity index (χ1) is 6.50. The van der Waals surface area contributed by atoms with Crippen molar-refractivity contribution in [3.63, 3.8) is 0 Å². The quantitative estimate of drug-likeness (QED) is 0.644. The molecule has 0 bridgehead atoms. The van der Waals surface area contributed by atoms with Crippen molar-refractivity contribution in [1.29, 1.82) is 0 Å². The zero-order valence-corrected chi connectivity index (χ0v) is 7.90. The average Bonchev–Trinajstić information content (AvgIpc) is 2.16. The van der Waals surface area contributed by atoms with Gasteiger partial charge in [-0.05, 0) is 12.5 Å². The fourth-order valence-electron chi connectivity index (χ4n) is 1.20. The van der Waals surface area contributed by atoms with E-state index >= 15 is 0 Å². The third-order valence-electron chi connectivity index (χ3n) is 2.16. The van der Waals surface area contributed by atoms with Gasteiger partial charge in [0.2, 0.25) is 0 Å². The molecule has 1 aromatic rings. The molecule has 0 radical (unpaired) electrons. The molecule has 0 aromatic heterocycles. The van der Waals surface area contributed by atoms with Crippen LogP contribution < -0.4 is 5.73 Å². The lowest BCUT2D eigenvalue weighted by atomic mass is 9.91. The number of carboxylic acids is 1. The van der Waals surface area contributed by atoms with Crippen molar-refractivity contribution in [3.05, 3.63) is 35.4 Å². The molecule has 1 rings (SSSR count). The van der Waals surface area contributed by atoms with Crippen LogP contribution in [-0.2, 0) is 10.3 Å². The Morgan fingerprint density at radius 1 is 1.57 bits per heavy atom. The summed E-state index contributed by atoms with van der Waals surface area (Å²) in [6.45, 7) is 1.22. The molecule has 0 spiro atoms. The molecule has 1 aromatic carbocycles. The number of hydrogen-bond donors (Lipinski definition) is 3. The van der Waals surface area contributed by atoms with Gasteiger partial charge in [-0.1, -0.05) is 29.8 Å². The summed E-state index contributed by atoms with van der Waals surface area (Å²) >= 11 is 0. The van der Waals surface area contributed by atoms with Gasteiger partial charge < -0.3 is 15.9 Å². The van der Waals surface area contributed by atoms with E-state index in [-0.39, 0.29) is 0 Å². The summed E-state index contributed by atoms with van der Waals surface area (Å²) in [6, 6.07) is 6.80. The van der Waals surface area contributed by atoms with Crippen molar-refractivity contribution in [3.8, 4) is 0 Å². The van der Waals surface area contributed by atoms with Gasteiger partial charge in [0.25, 0.3) is 0 Å². The predicted octanol–water partition coefficient (Wildman–Crippen LogP) is 0.226. The maximum atomic E-state index is 10.9. The lowest BCUT2D eigenvalue weighted by Gasteiger charge is -2.22. The minimum absolute atomic E-state index is 0.410. The fourth-order valence-corrected chi connectivity index (χ4v) is 1.20. The number of nitrogens with two attached hydrogens (primary N) is 1. The first-order valence-electron chi connectivity index (χ1n) is 4.21. The van der Waals surface area contributed by atoms with Gasteiger partial charge in [-0.25, -0.2) is 4.79 Å². The van der Waals surface area contributed by atoms with Gasteiger partial charge in [0.15, 0.2) is 5.54 Å². The molecule has 14 heavy (non-hydrogen) atoms. The second-order valence-electron chi connectivity index (χ2n) is 3.30. The molecule has 76 valence electrons. The molecule has 0 amide bonds. The topological polar surface area (TPSA) is 83.5 Å². The highest BCUT2D eigenvalue weighted by Gasteiger charge is 2.35. The highest BCUT2D eigenvalue weighted by Crippen LogP contribution is 2.19. The Kier molecular flexibility index (Phi) is 2.88. The molecule has 0 aliphatic rings. The molecule has 0 aliphatic carbocycles. The Balaban J connectivity index is 3.19. The fraction of sp³-hybridized carbons (Fsp3) is 0.300. The molecular formula is C10H13NO3. The van der Waals surface area contributed by atoms with Crippen LogP contribution in [0.2, 0.25) is 0 Å². The lowest BCUT2D eigenvalue weighted by molar-refractivity contribution is -0.145. The summed E-state index contributed by atoms with van der Waals surface area (Å²) < 4.78 is 0. The summed E-state index contributed by atoms with van der Waals surface area (Å²) in [7, 11) is 0. The van der Waals surface area contributed by atoms with E-state index < -0.39 is 18.1 Å². The highest BCUT2D eigenvalue weighted by atomic mass is 16.4. The number of carbonyl (C=O) groups is 1. The van der Waals surface area contributed by atoms with Crippen molar-refractivity contribution in [2.75, 3.05) is 6.61 Å². The first kappa shape index (κ1) is 10.7. The molecule has 0 aliphatic heterocycles. The minimum atomic E-state index is -1.70. The zero-order valence-electron chi connectivity index (χ0n) is 7.90. The van der Waals surface area contributed by atoms with E-state index in [4.69, 9.17) is 15.9 Å². The van der Waals surface area contributed by atoms with Crippen molar-refractivity contribution in [1.82, 2.24) is 0 Å². The standard InChI is InChI=1S/C10H13NO3/c1-7-3-2-4-8(5-7)10(11,6-12)9(13)14/h2-5,12H,6,11H2,1H3,(H,13,14)/t10-/m1/s1. The van der Waals surface area contributed by atoms with Crippen LogP contribution >= 0.6 is 0 Å². The number of aliphatic hydroxyl groups excluding tert-OH is 1. The Bertz CT molecular complexity index is 351. The minimum Gasteiger partial charge on any atom is -0.480 e. The van der Waals surface area contributed by atoms with Gasteiger partial charge in [-0.2, -0.15) is 0 Å². The number of benzene rings is 1. The third kappa shape index (κ3) is 1.76. The second kappa shape index (κ2) is 3.77. The molecule has 0 unspecified atom stereocenters. The maximum absolute atomic E-state index is 10.9. The van der Waals surface area contributed by atoms with E-state index in [9.17, 15) is 4.79 Å². The number of hydrogen-bond acceptors (Lipinski definition) is 3. The molecule has 4 heteroatoms. The number of aliphatic hydroxyl groups is 1. The van der Waals surface area contributed by atoms with E-state index in [1.807, 2.05) is 13.0 Å². The number of aryl methyl sites for hydroxylation is 1. The Labute approximate surface area is 82.0 Å². The van der Waals surface area contributed by atoms with E-state index in [0.29, 0.717) is 5.56 Å². The van der Waals surface area contributed by atoms with Crippen LogP contribution in [0.5, 0.6) is 0 Å². The highest BCUT2D eigenvalue weighted by molar-refractivity contribution is 5.80. The van der Waals surface area contributed by atoms with Gasteiger partial charge in [-0.3, -0.25) is 0 Å². The molecule has 1 atom stereocenters. The zero-order chi connectivity index (χ0) is 10.8. The number of carboxylic acid groups (broad SMARTS) is 1. The Morgan fingerprint density at radius 3 is 2.64 bits per heavy atom. The molecule has 0 saturated carbocycles. The third-order valence-corrected chi connectivity index (χ3v) is 2.16. The van der Waals surface area contributed by atoms with Crippen LogP contribution in [0.1, 0.15) is 11.1 Å². The van der Waals surface area contributed by atoms with Crippen LogP contribution in [0, 0.1) is 6.92 Å². The number of aliphatic carboxylic acids is 1. The molecule has 0 fully saturated rings. The predicted molar refractivity (Wildman–Crippen MR) is 51.8 cm³/mol. The molecule has 0 heterocycles. The van der Waals surface area contributed by atoms with Gasteiger partial charge in [0, 0.05) is 0 Å². The van der Waals surface area contributed by atoms with E-state index in [1.165, 1.54) is 0 Å². The summed E-state index contributed by atoms with van der Waals surface area (Å²) in [6.07, 6.45) is 0. The van der Waals surface area contributed by atoms with Gasteiger partial charge in [0.05, 0.1) is 6.61 Å². The SMILES string of the molecule is Cc1cccc([C@](N)(CO)C(=O)O)c1. The van der Waals surface area contributed by atoms with Gasteiger partial charge in [-0.15, -0.1) is 0 Å². The largest absolute Gasteiger partial charge is 0.480 e. The summed E-state index contributed by atoms with van der Waals surface area (Å²) in [5.74, 6) is -1.23. The van der Waals surface area contributed by atoms with E-state index in [0.717, 1.165) is 5.56 Å². The van der Waals surface area contributed by atoms with Gasteiger partial charge >= 0.3 is 5.97 Å². The van der Waals surface area contributed by atoms with Gasteiger partial charge in [0.1, 0.15) is 0 Å². The lowest BCUT2D eigenvalue weighted by Crippen LogP contribution is -2.48. The maximum Gasteiger partial charge on any atom is 0.330 e. The van der Waals surface area contributed by atoms with Crippen LogP contribution in [0.3, 0.4) is 0 Å². The molecule has 0 saturated heterocycles. The first-order valence-corrected chi connectivity index (χ1v) is 4.21. The second-order valence-corrected chi connectivity index (χ2v) is 3.30. The summed E-state index contributed by atoms with van der Waals surface area (Å²) in [5.41, 5.74) is 5.20. The number of rotatable bonds is 3. The monoisotopic (exact) mass is 195 g/mol. The van der Waals surface area contributed by atoms with Crippen molar-refractivity contribution < 1.29 is 15.0 Å². The van der Waals surface area contributed by atoms with Crippen LogP contribution in [0.4, 0.5) is 0 Å².